The van der Waals surface area contributed by atoms with Crippen molar-refractivity contribution in [2.75, 3.05) is 0 Å². The summed E-state index contributed by atoms with van der Waals surface area (Å²) < 4.78 is 175. The Labute approximate surface area is 169 Å². The summed E-state index contributed by atoms with van der Waals surface area (Å²) >= 11 is 0. The first-order valence-electron chi connectivity index (χ1n) is 7.52. The van der Waals surface area contributed by atoms with Gasteiger partial charge in [0.15, 0.2) is 0 Å². The van der Waals surface area contributed by atoms with Gasteiger partial charge in [0, 0.05) is 11.1 Å². The fourth-order valence-corrected chi connectivity index (χ4v) is 1.86. The van der Waals surface area contributed by atoms with Crippen LogP contribution in [0.3, 0.4) is 0 Å². The summed E-state index contributed by atoms with van der Waals surface area (Å²) in [7, 11) is 0. The van der Waals surface area contributed by atoms with Crippen LogP contribution in [0.1, 0.15) is 13.8 Å². The van der Waals surface area contributed by atoms with Crippen LogP contribution in [-0.2, 0) is 14.3 Å². The molecule has 4 nitrogen and oxygen atoms in total. The molecule has 1 rings (SSSR count). The lowest BCUT2D eigenvalue weighted by Gasteiger charge is -2.53. The Morgan fingerprint density at radius 2 is 0.938 bits per heavy atom. The third kappa shape index (κ3) is 3.58. The lowest BCUT2D eigenvalue weighted by Crippen LogP contribution is -2.87. The number of esters is 1. The van der Waals surface area contributed by atoms with Crippen LogP contribution in [0.5, 0.6) is 0 Å². The molecule has 1 aliphatic rings. The van der Waals surface area contributed by atoms with E-state index in [2.05, 4.69) is 17.9 Å². The molecule has 0 aliphatic heterocycles. The van der Waals surface area contributed by atoms with E-state index >= 15 is 0 Å². The summed E-state index contributed by atoms with van der Waals surface area (Å²) in [5.41, 5.74) is -3.87. The molecule has 186 valence electrons. The third-order valence-corrected chi connectivity index (χ3v) is 3.83. The molecule has 32 heavy (non-hydrogen) atoms. The summed E-state index contributed by atoms with van der Waals surface area (Å²) in [6, 6.07) is 0. The second-order valence-corrected chi connectivity index (χ2v) is 6.36. The topological polar surface area (TPSA) is 69.4 Å². The second-order valence-electron chi connectivity index (χ2n) is 6.36. The minimum atomic E-state index is -7.83. The molecule has 0 aromatic heterocycles. The summed E-state index contributed by atoms with van der Waals surface area (Å²) in [6.45, 7) is 7.86. The number of primary amides is 1. The molecule has 1 amide bonds. The van der Waals surface area contributed by atoms with Gasteiger partial charge in [-0.05, 0) is 13.8 Å². The Balaban J connectivity index is 0.00000140. The number of carbonyl (C=O) groups is 2. The molecule has 0 bridgehead atoms. The highest BCUT2D eigenvalue weighted by Crippen LogP contribution is 2.72. The molecule has 1 fully saturated rings. The highest BCUT2D eigenvalue weighted by molar-refractivity contribution is 5.90. The van der Waals surface area contributed by atoms with Crippen LogP contribution in [-0.4, -0.2) is 53.3 Å². The summed E-state index contributed by atoms with van der Waals surface area (Å²) in [5, 5.41) is 0. The van der Waals surface area contributed by atoms with Crippen molar-refractivity contribution in [3.8, 4) is 0 Å². The molecule has 0 saturated heterocycles. The highest BCUT2D eigenvalue weighted by Gasteiger charge is 3.06. The lowest BCUT2D eigenvalue weighted by atomic mass is 9.71. The SMILES string of the molecule is C=C(C)C(=O)OC(F)(F)C1(F)C(F)(F)C(F)(F)C(F)(F)C(F)(F)C1(F)F.C=C(C)C(N)=O. The molecular formula is C15H12F13NO3. The van der Waals surface area contributed by atoms with Crippen LogP contribution in [0.25, 0.3) is 0 Å². The molecule has 1 saturated carbocycles. The van der Waals surface area contributed by atoms with E-state index in [-0.39, 0.29) is 0 Å². The van der Waals surface area contributed by atoms with E-state index in [0.29, 0.717) is 12.5 Å². The number of halogens is 13. The third-order valence-electron chi connectivity index (χ3n) is 3.83. The number of rotatable bonds is 4. The summed E-state index contributed by atoms with van der Waals surface area (Å²) in [6.07, 6.45) is -7.11. The van der Waals surface area contributed by atoms with E-state index in [4.69, 9.17) is 5.73 Å². The molecule has 0 unspecified atom stereocenters. The van der Waals surface area contributed by atoms with Gasteiger partial charge in [-0.15, -0.1) is 0 Å². The molecular weight excluding hydrogens is 489 g/mol. The van der Waals surface area contributed by atoms with E-state index in [1.54, 1.807) is 6.92 Å². The van der Waals surface area contributed by atoms with Gasteiger partial charge < -0.3 is 10.5 Å². The van der Waals surface area contributed by atoms with E-state index in [9.17, 15) is 66.7 Å². The summed E-state index contributed by atoms with van der Waals surface area (Å²) in [4.78, 5) is 20.7. The maximum atomic E-state index is 14.0. The monoisotopic (exact) mass is 501 g/mol. The van der Waals surface area contributed by atoms with Gasteiger partial charge >= 0.3 is 47.4 Å². The fourth-order valence-electron chi connectivity index (χ4n) is 1.86. The quantitative estimate of drug-likeness (QED) is 0.347. The van der Waals surface area contributed by atoms with Crippen LogP contribution < -0.4 is 5.73 Å². The van der Waals surface area contributed by atoms with Crippen LogP contribution >= 0.6 is 0 Å². The first kappa shape index (κ1) is 29.5. The van der Waals surface area contributed by atoms with Gasteiger partial charge in [0.05, 0.1) is 0 Å². The zero-order valence-electron chi connectivity index (χ0n) is 15.6. The Morgan fingerprint density at radius 3 is 1.16 bits per heavy atom. The molecule has 0 aromatic rings. The molecule has 0 radical (unpaired) electrons. The van der Waals surface area contributed by atoms with Crippen molar-refractivity contribution in [2.45, 2.75) is 55.2 Å². The van der Waals surface area contributed by atoms with E-state index in [1.807, 2.05) is 0 Å². The summed E-state index contributed by atoms with van der Waals surface area (Å²) in [5.74, 6) is -41.9. The Morgan fingerprint density at radius 1 is 0.688 bits per heavy atom. The molecule has 1 aliphatic carbocycles. The minimum Gasteiger partial charge on any atom is -0.395 e. The normalized spacial score (nSPS) is 23.7. The number of carbonyl (C=O) groups excluding carboxylic acids is 2. The number of ether oxygens (including phenoxy) is 1. The molecule has 0 spiro atoms. The van der Waals surface area contributed by atoms with Crippen molar-refractivity contribution in [3.63, 3.8) is 0 Å². The highest BCUT2D eigenvalue weighted by atomic mass is 19.4. The number of hydrogen-bond acceptors (Lipinski definition) is 3. The van der Waals surface area contributed by atoms with Gasteiger partial charge in [0.1, 0.15) is 0 Å². The van der Waals surface area contributed by atoms with E-state index in [1.165, 1.54) is 0 Å². The van der Waals surface area contributed by atoms with Gasteiger partial charge in [0.25, 0.3) is 0 Å². The minimum absolute atomic E-state index is 0.398. The van der Waals surface area contributed by atoms with E-state index < -0.39 is 58.8 Å². The maximum Gasteiger partial charge on any atom is 0.448 e. The van der Waals surface area contributed by atoms with Crippen molar-refractivity contribution in [1.82, 2.24) is 0 Å². The molecule has 0 aromatic carbocycles. The van der Waals surface area contributed by atoms with E-state index in [0.717, 1.165) is 0 Å². The first-order chi connectivity index (χ1) is 13.7. The second kappa shape index (κ2) is 7.83. The van der Waals surface area contributed by atoms with Crippen LogP contribution in [0.15, 0.2) is 24.3 Å². The van der Waals surface area contributed by atoms with Gasteiger partial charge in [-0.3, -0.25) is 4.79 Å². The Bertz CT molecular complexity index is 777. The molecule has 0 atom stereocenters. The Hall–Kier alpha value is -2.49. The lowest BCUT2D eigenvalue weighted by molar-refractivity contribution is -0.521. The predicted molar refractivity (Wildman–Crippen MR) is 78.4 cm³/mol. The zero-order valence-corrected chi connectivity index (χ0v) is 15.6. The molecule has 0 heterocycles. The largest absolute Gasteiger partial charge is 0.448 e. The van der Waals surface area contributed by atoms with Gasteiger partial charge in [-0.25, -0.2) is 9.18 Å². The number of alkyl halides is 13. The average molecular weight is 501 g/mol. The molecule has 17 heteroatoms. The smallest absolute Gasteiger partial charge is 0.395 e. The first-order valence-corrected chi connectivity index (χ1v) is 7.52. The van der Waals surface area contributed by atoms with Gasteiger partial charge in [-0.2, -0.15) is 52.7 Å². The van der Waals surface area contributed by atoms with Gasteiger partial charge in [-0.1, -0.05) is 13.2 Å². The van der Waals surface area contributed by atoms with Crippen LogP contribution in [0.2, 0.25) is 0 Å². The van der Waals surface area contributed by atoms with Crippen LogP contribution in [0, 0.1) is 0 Å². The number of nitrogens with two attached hydrogens (primary N) is 1. The van der Waals surface area contributed by atoms with Gasteiger partial charge in [0.2, 0.25) is 5.91 Å². The zero-order chi connectivity index (χ0) is 26.5. The van der Waals surface area contributed by atoms with Crippen molar-refractivity contribution in [2.24, 2.45) is 5.73 Å². The Kier molecular flexibility index (Phi) is 7.22. The standard InChI is InChI=1S/C11H5F13O2.C4H7NO/c1-3(2)4(25)26-11(23,24)5(12)6(13,14)8(17,18)10(21,22)9(19,20)7(5,15)16;1-3(2)4(5)6/h1H2,2H3;1H2,2H3,(H2,5,6). The van der Waals surface area contributed by atoms with Crippen molar-refractivity contribution < 1.29 is 71.4 Å². The number of hydrogen-bond donors (Lipinski definition) is 1. The fraction of sp³-hybridized carbons (Fsp3) is 0.600. The van der Waals surface area contributed by atoms with Crippen molar-refractivity contribution >= 4 is 11.9 Å². The number of amides is 1. The maximum absolute atomic E-state index is 14.0. The molecule has 2 N–H and O–H groups in total. The average Bonchev–Trinajstić information content (AvgIpc) is 2.58. The van der Waals surface area contributed by atoms with Crippen molar-refractivity contribution in [1.29, 1.82) is 0 Å². The van der Waals surface area contributed by atoms with Crippen LogP contribution in [0.4, 0.5) is 57.1 Å². The predicted octanol–water partition coefficient (Wildman–Crippen LogP) is 4.64. The van der Waals surface area contributed by atoms with Crippen molar-refractivity contribution in [3.05, 3.63) is 24.3 Å².